The highest BCUT2D eigenvalue weighted by atomic mass is 79.9. The Morgan fingerprint density at radius 2 is 2.13 bits per heavy atom. The normalized spacial score (nSPS) is 14.2. The Morgan fingerprint density at radius 1 is 1.47 bits per heavy atom. The van der Waals surface area contributed by atoms with Crippen LogP contribution in [0.5, 0.6) is 0 Å². The Hall–Kier alpha value is -0.280. The van der Waals surface area contributed by atoms with Gasteiger partial charge >= 0.3 is 0 Å². The van der Waals surface area contributed by atoms with E-state index in [4.69, 9.17) is 4.42 Å². The van der Waals surface area contributed by atoms with E-state index in [1.807, 2.05) is 12.1 Å². The topological polar surface area (TPSA) is 25.2 Å². The third-order valence-corrected chi connectivity index (χ3v) is 3.29. The minimum Gasteiger partial charge on any atom is -0.453 e. The number of hydrogen-bond acceptors (Lipinski definition) is 2. The van der Waals surface area contributed by atoms with Gasteiger partial charge in [0.1, 0.15) is 5.76 Å². The Bertz CT molecular complexity index is 306. The van der Waals surface area contributed by atoms with E-state index < -0.39 is 0 Å². The molecule has 0 aromatic carbocycles. The molecule has 86 valence electrons. The zero-order valence-corrected chi connectivity index (χ0v) is 11.5. The number of furan rings is 1. The largest absolute Gasteiger partial charge is 0.453 e. The molecular formula is C12H20BrNO. The molecule has 1 heterocycles. The molecule has 0 saturated carbocycles. The lowest BCUT2D eigenvalue weighted by Gasteiger charge is -2.25. The van der Waals surface area contributed by atoms with Crippen molar-refractivity contribution >= 4 is 15.9 Å². The van der Waals surface area contributed by atoms with Gasteiger partial charge in [0, 0.05) is 6.54 Å². The van der Waals surface area contributed by atoms with Gasteiger partial charge in [-0.05, 0) is 46.8 Å². The van der Waals surface area contributed by atoms with E-state index >= 15 is 0 Å². The summed E-state index contributed by atoms with van der Waals surface area (Å²) in [5.41, 5.74) is 0.345. The smallest absolute Gasteiger partial charge is 0.169 e. The Balaban J connectivity index is 2.46. The predicted octanol–water partition coefficient (Wildman–Crippen LogP) is 4.13. The molecule has 1 atom stereocenters. The van der Waals surface area contributed by atoms with Crippen molar-refractivity contribution in [3.63, 3.8) is 0 Å². The molecule has 0 amide bonds. The number of halogens is 1. The Morgan fingerprint density at radius 3 is 2.60 bits per heavy atom. The average Bonchev–Trinajstić information content (AvgIpc) is 2.61. The molecule has 0 bridgehead atoms. The van der Waals surface area contributed by atoms with E-state index in [2.05, 4.69) is 48.9 Å². The SMILES string of the molecule is CCC(C)(C)CNC(C)c1ccc(Br)o1. The van der Waals surface area contributed by atoms with Gasteiger partial charge in [-0.1, -0.05) is 20.8 Å². The van der Waals surface area contributed by atoms with Crippen molar-refractivity contribution in [2.24, 2.45) is 5.41 Å². The summed E-state index contributed by atoms with van der Waals surface area (Å²) in [4.78, 5) is 0. The van der Waals surface area contributed by atoms with Crippen LogP contribution in [-0.4, -0.2) is 6.54 Å². The zero-order chi connectivity index (χ0) is 11.5. The van der Waals surface area contributed by atoms with Gasteiger partial charge in [-0.15, -0.1) is 0 Å². The van der Waals surface area contributed by atoms with Crippen molar-refractivity contribution in [1.29, 1.82) is 0 Å². The minimum absolute atomic E-state index is 0.266. The van der Waals surface area contributed by atoms with Gasteiger partial charge in [-0.3, -0.25) is 0 Å². The van der Waals surface area contributed by atoms with Gasteiger partial charge in [0.2, 0.25) is 0 Å². The summed E-state index contributed by atoms with van der Waals surface area (Å²) in [5.74, 6) is 0.980. The van der Waals surface area contributed by atoms with Crippen molar-refractivity contribution in [3.05, 3.63) is 22.6 Å². The van der Waals surface area contributed by atoms with E-state index in [9.17, 15) is 0 Å². The molecule has 1 rings (SSSR count). The average molecular weight is 274 g/mol. The van der Waals surface area contributed by atoms with E-state index in [-0.39, 0.29) is 6.04 Å². The van der Waals surface area contributed by atoms with Gasteiger partial charge in [0.25, 0.3) is 0 Å². The molecule has 0 spiro atoms. The second-order valence-electron chi connectivity index (χ2n) is 4.76. The van der Waals surface area contributed by atoms with Crippen molar-refractivity contribution in [2.75, 3.05) is 6.54 Å². The predicted molar refractivity (Wildman–Crippen MR) is 66.9 cm³/mol. The first-order valence-electron chi connectivity index (χ1n) is 5.43. The summed E-state index contributed by atoms with van der Waals surface area (Å²) in [5, 5.41) is 3.49. The highest BCUT2D eigenvalue weighted by Gasteiger charge is 2.17. The molecule has 1 aromatic rings. The number of rotatable bonds is 5. The van der Waals surface area contributed by atoms with Crippen LogP contribution in [0, 0.1) is 5.41 Å². The van der Waals surface area contributed by atoms with E-state index in [0.29, 0.717) is 5.41 Å². The highest BCUT2D eigenvalue weighted by molar-refractivity contribution is 9.10. The standard InChI is InChI=1S/C12H20BrNO/c1-5-12(3,4)8-14-9(2)10-6-7-11(13)15-10/h6-7,9,14H,5,8H2,1-4H3. The van der Waals surface area contributed by atoms with Crippen LogP contribution in [0.4, 0.5) is 0 Å². The lowest BCUT2D eigenvalue weighted by molar-refractivity contribution is 0.300. The summed E-state index contributed by atoms with van der Waals surface area (Å²) < 4.78 is 6.29. The molecule has 3 heteroatoms. The zero-order valence-electron chi connectivity index (χ0n) is 9.93. The lowest BCUT2D eigenvalue weighted by Crippen LogP contribution is -2.30. The summed E-state index contributed by atoms with van der Waals surface area (Å²) in [6.07, 6.45) is 1.18. The summed E-state index contributed by atoms with van der Waals surface area (Å²) in [6, 6.07) is 4.20. The molecule has 0 aliphatic carbocycles. The lowest BCUT2D eigenvalue weighted by atomic mass is 9.90. The summed E-state index contributed by atoms with van der Waals surface area (Å²) in [7, 11) is 0. The second-order valence-corrected chi connectivity index (χ2v) is 5.54. The molecule has 2 nitrogen and oxygen atoms in total. The Kier molecular flexibility index (Phi) is 4.41. The van der Waals surface area contributed by atoms with Gasteiger partial charge in [-0.2, -0.15) is 0 Å². The Labute approximate surface area is 101 Å². The molecule has 1 N–H and O–H groups in total. The van der Waals surface area contributed by atoms with Crippen molar-refractivity contribution in [3.8, 4) is 0 Å². The fourth-order valence-electron chi connectivity index (χ4n) is 1.22. The molecule has 0 saturated heterocycles. The highest BCUT2D eigenvalue weighted by Crippen LogP contribution is 2.23. The van der Waals surface area contributed by atoms with Gasteiger partial charge < -0.3 is 9.73 Å². The van der Waals surface area contributed by atoms with Gasteiger partial charge in [0.05, 0.1) is 6.04 Å². The van der Waals surface area contributed by atoms with Crippen molar-refractivity contribution < 1.29 is 4.42 Å². The van der Waals surface area contributed by atoms with Crippen molar-refractivity contribution in [2.45, 2.75) is 40.2 Å². The molecule has 0 radical (unpaired) electrons. The van der Waals surface area contributed by atoms with Crippen LogP contribution < -0.4 is 5.32 Å². The molecule has 0 fully saturated rings. The molecular weight excluding hydrogens is 254 g/mol. The molecule has 0 aliphatic rings. The number of hydrogen-bond donors (Lipinski definition) is 1. The van der Waals surface area contributed by atoms with Crippen LogP contribution in [0.1, 0.15) is 45.9 Å². The van der Waals surface area contributed by atoms with Crippen LogP contribution >= 0.6 is 15.9 Å². The third kappa shape index (κ3) is 3.99. The first-order chi connectivity index (χ1) is 6.94. The minimum atomic E-state index is 0.266. The molecule has 1 unspecified atom stereocenters. The first kappa shape index (κ1) is 12.8. The van der Waals surface area contributed by atoms with E-state index in [1.54, 1.807) is 0 Å². The van der Waals surface area contributed by atoms with Crippen LogP contribution in [0.25, 0.3) is 0 Å². The van der Waals surface area contributed by atoms with Gasteiger partial charge in [-0.25, -0.2) is 0 Å². The van der Waals surface area contributed by atoms with Crippen LogP contribution in [0.3, 0.4) is 0 Å². The number of nitrogens with one attached hydrogen (secondary N) is 1. The monoisotopic (exact) mass is 273 g/mol. The van der Waals surface area contributed by atoms with Crippen LogP contribution in [0.2, 0.25) is 0 Å². The van der Waals surface area contributed by atoms with Crippen molar-refractivity contribution in [1.82, 2.24) is 5.32 Å². The van der Waals surface area contributed by atoms with Crippen LogP contribution in [0.15, 0.2) is 21.2 Å². The van der Waals surface area contributed by atoms with E-state index in [1.165, 1.54) is 6.42 Å². The third-order valence-electron chi connectivity index (χ3n) is 2.86. The first-order valence-corrected chi connectivity index (χ1v) is 6.22. The van der Waals surface area contributed by atoms with Crippen LogP contribution in [-0.2, 0) is 0 Å². The fraction of sp³-hybridized carbons (Fsp3) is 0.667. The van der Waals surface area contributed by atoms with E-state index in [0.717, 1.165) is 17.0 Å². The van der Waals surface area contributed by atoms with Gasteiger partial charge in [0.15, 0.2) is 4.67 Å². The quantitative estimate of drug-likeness (QED) is 0.873. The second kappa shape index (κ2) is 5.17. The summed E-state index contributed by atoms with van der Waals surface area (Å²) in [6.45, 7) is 9.88. The maximum Gasteiger partial charge on any atom is 0.169 e. The maximum absolute atomic E-state index is 5.50. The molecule has 0 aliphatic heterocycles. The fourth-order valence-corrected chi connectivity index (χ4v) is 1.54. The summed E-state index contributed by atoms with van der Waals surface area (Å²) >= 11 is 3.31. The molecule has 15 heavy (non-hydrogen) atoms. The maximum atomic E-state index is 5.50. The molecule has 1 aromatic heterocycles.